The third-order valence-corrected chi connectivity index (χ3v) is 4.03. The van der Waals surface area contributed by atoms with Crippen LogP contribution in [0.2, 0.25) is 0 Å². The average Bonchev–Trinajstić information content (AvgIpc) is 2.54. The molecule has 1 unspecified atom stereocenters. The van der Waals surface area contributed by atoms with Gasteiger partial charge in [-0.25, -0.2) is 0 Å². The summed E-state index contributed by atoms with van der Waals surface area (Å²) in [6.07, 6.45) is 1.06. The highest BCUT2D eigenvalue weighted by molar-refractivity contribution is 7.73. The molecule has 1 aromatic rings. The fourth-order valence-corrected chi connectivity index (χ4v) is 3.22. The maximum absolute atomic E-state index is 12.0. The van der Waals surface area contributed by atoms with Crippen molar-refractivity contribution in [2.45, 2.75) is 46.6 Å². The second kappa shape index (κ2) is 6.63. The first-order valence-corrected chi connectivity index (χ1v) is 7.52. The lowest BCUT2D eigenvalue weighted by Gasteiger charge is -2.25. The lowest BCUT2D eigenvalue weighted by Crippen LogP contribution is -2.40. The second-order valence-corrected chi connectivity index (χ2v) is 7.72. The third kappa shape index (κ3) is 5.84. The van der Waals surface area contributed by atoms with Gasteiger partial charge in [-0.3, -0.25) is 4.79 Å². The van der Waals surface area contributed by atoms with Gasteiger partial charge < -0.3 is 15.4 Å². The van der Waals surface area contributed by atoms with E-state index in [4.69, 9.17) is 12.2 Å². The predicted molar refractivity (Wildman–Crippen MR) is 81.0 cm³/mol. The normalized spacial score (nSPS) is 13.3. The van der Waals surface area contributed by atoms with Gasteiger partial charge in [0.05, 0.1) is 19.1 Å². The number of carbonyl (C=O) groups excluding carboxylic acids is 1. The van der Waals surface area contributed by atoms with E-state index >= 15 is 0 Å². The van der Waals surface area contributed by atoms with Crippen LogP contribution in [-0.4, -0.2) is 28.6 Å². The number of H-pyrrole nitrogens is 1. The molecule has 0 aliphatic heterocycles. The summed E-state index contributed by atoms with van der Waals surface area (Å²) in [5.74, 6) is -0.0725. The number of amides is 1. The monoisotopic (exact) mass is 302 g/mol. The highest BCUT2D eigenvalue weighted by atomic mass is 32.1. The summed E-state index contributed by atoms with van der Waals surface area (Å²) in [4.78, 5) is 15.9. The molecule has 0 radical (unpaired) electrons. The van der Waals surface area contributed by atoms with Crippen LogP contribution >= 0.6 is 23.6 Å². The van der Waals surface area contributed by atoms with Crippen LogP contribution < -0.4 is 5.32 Å². The van der Waals surface area contributed by atoms with Crippen molar-refractivity contribution in [3.05, 3.63) is 14.5 Å². The van der Waals surface area contributed by atoms with Crippen LogP contribution in [0.15, 0.2) is 0 Å². The van der Waals surface area contributed by atoms with Gasteiger partial charge >= 0.3 is 0 Å². The summed E-state index contributed by atoms with van der Waals surface area (Å²) in [7, 11) is 0. The van der Waals surface area contributed by atoms with Crippen LogP contribution in [0.25, 0.3) is 0 Å². The molecule has 1 atom stereocenters. The van der Waals surface area contributed by atoms with E-state index in [1.807, 2.05) is 6.92 Å². The molecule has 1 heterocycles. The van der Waals surface area contributed by atoms with E-state index in [0.717, 1.165) is 17.0 Å². The van der Waals surface area contributed by atoms with Crippen molar-refractivity contribution < 1.29 is 9.90 Å². The summed E-state index contributed by atoms with van der Waals surface area (Å²) in [5, 5.41) is 12.2. The molecule has 3 N–H and O–H groups in total. The van der Waals surface area contributed by atoms with E-state index in [2.05, 4.69) is 31.1 Å². The Morgan fingerprint density at radius 3 is 2.58 bits per heavy atom. The van der Waals surface area contributed by atoms with Crippen molar-refractivity contribution >= 4 is 29.5 Å². The first kappa shape index (κ1) is 16.3. The van der Waals surface area contributed by atoms with Gasteiger partial charge in [-0.1, -0.05) is 20.8 Å². The van der Waals surface area contributed by atoms with Crippen LogP contribution in [0.4, 0.5) is 0 Å². The second-order valence-electron chi connectivity index (χ2n) is 5.95. The van der Waals surface area contributed by atoms with Crippen molar-refractivity contribution in [1.29, 1.82) is 0 Å². The Hall–Kier alpha value is -0.720. The van der Waals surface area contributed by atoms with Gasteiger partial charge in [0.15, 0.2) is 3.95 Å². The minimum absolute atomic E-state index is 0.0369. The molecule has 108 valence electrons. The van der Waals surface area contributed by atoms with Gasteiger partial charge in [-0.2, -0.15) is 0 Å². The fraction of sp³-hybridized carbons (Fsp3) is 0.692. The maximum Gasteiger partial charge on any atom is 0.225 e. The highest BCUT2D eigenvalue weighted by Crippen LogP contribution is 2.21. The Bertz CT molecular complexity index is 486. The lowest BCUT2D eigenvalue weighted by atomic mass is 9.88. The molecular formula is C13H22N2O2S2. The number of aryl methyl sites for hydroxylation is 1. The molecule has 0 saturated carbocycles. The number of nitrogens with one attached hydrogen (secondary N) is 2. The highest BCUT2D eigenvalue weighted by Gasteiger charge is 2.20. The van der Waals surface area contributed by atoms with E-state index < -0.39 is 0 Å². The van der Waals surface area contributed by atoms with Crippen LogP contribution in [0.3, 0.4) is 0 Å². The minimum Gasteiger partial charge on any atom is -0.394 e. The number of carbonyl (C=O) groups is 1. The smallest absolute Gasteiger partial charge is 0.225 e. The Morgan fingerprint density at radius 1 is 1.53 bits per heavy atom. The third-order valence-electron chi connectivity index (χ3n) is 2.69. The van der Waals surface area contributed by atoms with E-state index in [-0.39, 0.29) is 24.0 Å². The number of hydrogen-bond acceptors (Lipinski definition) is 4. The largest absolute Gasteiger partial charge is 0.394 e. The number of aromatic amines is 1. The lowest BCUT2D eigenvalue weighted by molar-refractivity contribution is -0.121. The van der Waals surface area contributed by atoms with Gasteiger partial charge in [0, 0.05) is 10.6 Å². The summed E-state index contributed by atoms with van der Waals surface area (Å²) >= 11 is 6.47. The van der Waals surface area contributed by atoms with Gasteiger partial charge in [0.25, 0.3) is 0 Å². The van der Waals surface area contributed by atoms with Crippen molar-refractivity contribution in [3.63, 3.8) is 0 Å². The van der Waals surface area contributed by atoms with Crippen molar-refractivity contribution in [2.75, 3.05) is 6.61 Å². The number of aliphatic hydroxyl groups excluding tert-OH is 1. The van der Waals surface area contributed by atoms with Gasteiger partial charge in [-0.15, -0.1) is 11.3 Å². The quantitative estimate of drug-likeness (QED) is 0.732. The van der Waals surface area contributed by atoms with Gasteiger partial charge in [-0.05, 0) is 31.0 Å². The SMILES string of the molecule is Cc1[nH]c(=S)sc1CC(=O)NC(CO)CC(C)(C)C. The molecule has 0 aliphatic carbocycles. The van der Waals surface area contributed by atoms with Crippen LogP contribution in [0, 0.1) is 16.3 Å². The molecule has 0 bridgehead atoms. The summed E-state index contributed by atoms with van der Waals surface area (Å²) < 4.78 is 0.689. The molecule has 19 heavy (non-hydrogen) atoms. The molecule has 0 saturated heterocycles. The van der Waals surface area contributed by atoms with E-state index in [1.54, 1.807) is 0 Å². The van der Waals surface area contributed by atoms with Crippen molar-refractivity contribution in [1.82, 2.24) is 10.3 Å². The van der Waals surface area contributed by atoms with E-state index in [0.29, 0.717) is 10.4 Å². The molecule has 4 nitrogen and oxygen atoms in total. The molecule has 0 spiro atoms. The van der Waals surface area contributed by atoms with Crippen LogP contribution in [-0.2, 0) is 11.2 Å². The van der Waals surface area contributed by atoms with E-state index in [9.17, 15) is 9.90 Å². The molecule has 1 aromatic heterocycles. The van der Waals surface area contributed by atoms with Crippen LogP contribution in [0.1, 0.15) is 37.8 Å². The molecule has 0 fully saturated rings. The Labute approximate surface area is 123 Å². The standard InChI is InChI=1S/C13H22N2O2S2/c1-8-10(19-12(18)14-8)5-11(17)15-9(7-16)6-13(2,3)4/h9,16H,5-7H2,1-4H3,(H,14,18)(H,15,17). The summed E-state index contributed by atoms with van der Waals surface area (Å²) in [6.45, 7) is 8.13. The van der Waals surface area contributed by atoms with Crippen LogP contribution in [0.5, 0.6) is 0 Å². The predicted octanol–water partition coefficient (Wildman–Crippen LogP) is 2.57. The average molecular weight is 302 g/mol. The number of aromatic nitrogens is 1. The van der Waals surface area contributed by atoms with Crippen molar-refractivity contribution in [3.8, 4) is 0 Å². The Balaban J connectivity index is 2.59. The summed E-state index contributed by atoms with van der Waals surface area (Å²) in [6, 6.07) is -0.195. The van der Waals surface area contributed by atoms with E-state index in [1.165, 1.54) is 11.3 Å². The zero-order valence-corrected chi connectivity index (χ0v) is 13.5. The van der Waals surface area contributed by atoms with Crippen molar-refractivity contribution in [2.24, 2.45) is 5.41 Å². The first-order chi connectivity index (χ1) is 8.71. The number of rotatable bonds is 5. The first-order valence-electron chi connectivity index (χ1n) is 6.30. The number of hydrogen-bond donors (Lipinski definition) is 3. The zero-order chi connectivity index (χ0) is 14.6. The van der Waals surface area contributed by atoms with Gasteiger partial charge in [0.2, 0.25) is 5.91 Å². The molecule has 1 rings (SSSR count). The number of thiazole rings is 1. The number of aliphatic hydroxyl groups is 1. The molecule has 0 aromatic carbocycles. The topological polar surface area (TPSA) is 65.1 Å². The zero-order valence-electron chi connectivity index (χ0n) is 11.9. The Morgan fingerprint density at radius 2 is 2.16 bits per heavy atom. The summed E-state index contributed by atoms with van der Waals surface area (Å²) in [5.41, 5.74) is 1.02. The molecule has 6 heteroatoms. The maximum atomic E-state index is 12.0. The minimum atomic E-state index is -0.195. The molecule has 1 amide bonds. The van der Waals surface area contributed by atoms with Gasteiger partial charge in [0.1, 0.15) is 0 Å². The fourth-order valence-electron chi connectivity index (χ4n) is 1.93. The Kier molecular flexibility index (Phi) is 5.70. The molecule has 0 aliphatic rings. The molecular weight excluding hydrogens is 280 g/mol.